The first-order chi connectivity index (χ1) is 19.5. The second-order valence-corrected chi connectivity index (χ2v) is 11.4. The van der Waals surface area contributed by atoms with E-state index in [0.717, 1.165) is 36.8 Å². The van der Waals surface area contributed by atoms with Crippen LogP contribution in [0, 0.1) is 0 Å². The number of benzene rings is 2. The van der Waals surface area contributed by atoms with Crippen LogP contribution in [0.4, 0.5) is 0 Å². The summed E-state index contributed by atoms with van der Waals surface area (Å²) in [6.45, 7) is 4.78. The number of alkyl halides is 1. The van der Waals surface area contributed by atoms with E-state index < -0.39 is 5.97 Å². The minimum Gasteiger partial charge on any atom is -0.494 e. The minimum absolute atomic E-state index is 0.118. The number of esters is 2. The van der Waals surface area contributed by atoms with Crippen LogP contribution in [0.2, 0.25) is 0 Å². The molecule has 5 nitrogen and oxygen atoms in total. The molecule has 0 aromatic heterocycles. The predicted octanol–water partition coefficient (Wildman–Crippen LogP) is 10.1. The Hall–Kier alpha value is -2.34. The second kappa shape index (κ2) is 21.4. The summed E-state index contributed by atoms with van der Waals surface area (Å²) in [7, 11) is 0. The van der Waals surface area contributed by atoms with Crippen molar-refractivity contribution in [3.8, 4) is 11.5 Å². The molecule has 0 N–H and O–H groups in total. The van der Waals surface area contributed by atoms with Gasteiger partial charge in [-0.05, 0) is 81.1 Å². The van der Waals surface area contributed by atoms with Gasteiger partial charge in [0.1, 0.15) is 11.5 Å². The van der Waals surface area contributed by atoms with Gasteiger partial charge in [0, 0.05) is 5.33 Å². The number of hydrogen-bond acceptors (Lipinski definition) is 5. The molecular weight excluding hydrogens is 568 g/mol. The Balaban J connectivity index is 1.62. The van der Waals surface area contributed by atoms with Crippen LogP contribution in [-0.2, 0) is 4.74 Å². The fourth-order valence-electron chi connectivity index (χ4n) is 4.48. The maximum Gasteiger partial charge on any atom is 0.343 e. The lowest BCUT2D eigenvalue weighted by molar-refractivity contribution is 0.0319. The molecule has 40 heavy (non-hydrogen) atoms. The molecule has 0 aliphatic heterocycles. The van der Waals surface area contributed by atoms with Crippen LogP contribution in [0.15, 0.2) is 48.5 Å². The zero-order valence-electron chi connectivity index (χ0n) is 24.6. The van der Waals surface area contributed by atoms with Gasteiger partial charge >= 0.3 is 11.9 Å². The summed E-state index contributed by atoms with van der Waals surface area (Å²) in [4.78, 5) is 24.9. The van der Waals surface area contributed by atoms with Crippen LogP contribution in [0.1, 0.15) is 131 Å². The lowest BCUT2D eigenvalue weighted by Gasteiger charge is -2.13. The molecule has 2 rings (SSSR count). The molecule has 0 aliphatic rings. The lowest BCUT2D eigenvalue weighted by Crippen LogP contribution is -2.15. The summed E-state index contributed by atoms with van der Waals surface area (Å²) in [5.74, 6) is 0.320. The molecule has 6 heteroatoms. The monoisotopic (exact) mass is 616 g/mol. The maximum absolute atomic E-state index is 12.6. The van der Waals surface area contributed by atoms with E-state index in [0.29, 0.717) is 23.5 Å². The first-order valence-electron chi connectivity index (χ1n) is 15.4. The van der Waals surface area contributed by atoms with E-state index in [1.807, 2.05) is 6.92 Å². The molecule has 0 saturated heterocycles. The maximum atomic E-state index is 12.6. The summed E-state index contributed by atoms with van der Waals surface area (Å²) in [6, 6.07) is 13.5. The Kier molecular flexibility index (Phi) is 18.1. The van der Waals surface area contributed by atoms with E-state index in [9.17, 15) is 9.59 Å². The summed E-state index contributed by atoms with van der Waals surface area (Å²) in [6.07, 6.45) is 18.2. The summed E-state index contributed by atoms with van der Waals surface area (Å²) < 4.78 is 16.8. The van der Waals surface area contributed by atoms with Crippen molar-refractivity contribution in [2.24, 2.45) is 0 Å². The number of carbonyl (C=O) groups excluding carboxylic acids is 2. The molecule has 0 heterocycles. The van der Waals surface area contributed by atoms with Gasteiger partial charge in [-0.15, -0.1) is 0 Å². The van der Waals surface area contributed by atoms with Gasteiger partial charge < -0.3 is 14.2 Å². The molecule has 2 aromatic rings. The van der Waals surface area contributed by atoms with Gasteiger partial charge in [-0.25, -0.2) is 9.59 Å². The number of halogens is 1. The van der Waals surface area contributed by atoms with Gasteiger partial charge in [-0.1, -0.05) is 93.5 Å². The Labute approximate surface area is 250 Å². The highest BCUT2D eigenvalue weighted by Gasteiger charge is 2.14. The number of hydrogen-bond donors (Lipinski definition) is 0. The van der Waals surface area contributed by atoms with Crippen LogP contribution in [-0.4, -0.2) is 30.0 Å². The van der Waals surface area contributed by atoms with Gasteiger partial charge in [-0.3, -0.25) is 0 Å². The van der Waals surface area contributed by atoms with Crippen molar-refractivity contribution in [3.05, 3.63) is 59.7 Å². The molecule has 0 fully saturated rings. The van der Waals surface area contributed by atoms with Crippen LogP contribution >= 0.6 is 15.9 Å². The van der Waals surface area contributed by atoms with Crippen molar-refractivity contribution in [2.45, 2.75) is 116 Å². The molecule has 0 bridgehead atoms. The van der Waals surface area contributed by atoms with Crippen molar-refractivity contribution in [2.75, 3.05) is 11.9 Å². The van der Waals surface area contributed by atoms with E-state index in [-0.39, 0.29) is 12.1 Å². The van der Waals surface area contributed by atoms with E-state index in [2.05, 4.69) is 22.9 Å². The van der Waals surface area contributed by atoms with E-state index in [1.165, 1.54) is 70.6 Å². The van der Waals surface area contributed by atoms with Crippen molar-refractivity contribution in [1.82, 2.24) is 0 Å². The Morgan fingerprint density at radius 3 is 1.73 bits per heavy atom. The fourth-order valence-corrected chi connectivity index (χ4v) is 4.88. The molecule has 1 unspecified atom stereocenters. The van der Waals surface area contributed by atoms with Gasteiger partial charge in [0.2, 0.25) is 0 Å². The average Bonchev–Trinajstić information content (AvgIpc) is 2.96. The van der Waals surface area contributed by atoms with Crippen molar-refractivity contribution in [3.63, 3.8) is 0 Å². The van der Waals surface area contributed by atoms with Crippen molar-refractivity contribution >= 4 is 27.9 Å². The van der Waals surface area contributed by atoms with Gasteiger partial charge in [0.15, 0.2) is 0 Å². The van der Waals surface area contributed by atoms with E-state index >= 15 is 0 Å². The zero-order chi connectivity index (χ0) is 28.8. The quantitative estimate of drug-likeness (QED) is 0.0570. The molecule has 2 aromatic carbocycles. The topological polar surface area (TPSA) is 61.8 Å². The number of ether oxygens (including phenoxy) is 3. The van der Waals surface area contributed by atoms with E-state index in [1.54, 1.807) is 48.5 Å². The SMILES string of the molecule is CCCCCCC(C)OC(=O)c1ccc(OC(=O)c2ccc(OCCCCCCCCCCCCBr)cc2)cc1. The van der Waals surface area contributed by atoms with Crippen molar-refractivity contribution < 1.29 is 23.8 Å². The highest BCUT2D eigenvalue weighted by atomic mass is 79.9. The minimum atomic E-state index is -0.453. The first kappa shape index (κ1) is 33.9. The summed E-state index contributed by atoms with van der Waals surface area (Å²) in [5.41, 5.74) is 0.887. The third-order valence-electron chi connectivity index (χ3n) is 6.96. The van der Waals surface area contributed by atoms with Crippen LogP contribution in [0.3, 0.4) is 0 Å². The average molecular weight is 618 g/mol. The molecule has 0 aliphatic carbocycles. The summed E-state index contributed by atoms with van der Waals surface area (Å²) >= 11 is 3.48. The smallest absolute Gasteiger partial charge is 0.343 e. The fraction of sp³-hybridized carbons (Fsp3) is 0.588. The predicted molar refractivity (Wildman–Crippen MR) is 167 cm³/mol. The number of unbranched alkanes of at least 4 members (excludes halogenated alkanes) is 12. The van der Waals surface area contributed by atoms with Crippen LogP contribution in [0.5, 0.6) is 11.5 Å². The van der Waals surface area contributed by atoms with Crippen molar-refractivity contribution in [1.29, 1.82) is 0 Å². The number of carbonyl (C=O) groups is 2. The molecule has 0 amide bonds. The Morgan fingerprint density at radius 1 is 0.650 bits per heavy atom. The Morgan fingerprint density at radius 2 is 1.15 bits per heavy atom. The molecule has 0 spiro atoms. The molecule has 1 atom stereocenters. The lowest BCUT2D eigenvalue weighted by atomic mass is 10.1. The Bertz CT molecular complexity index is 942. The zero-order valence-corrected chi connectivity index (χ0v) is 26.2. The van der Waals surface area contributed by atoms with Gasteiger partial charge in [-0.2, -0.15) is 0 Å². The molecular formula is C34H49BrO5. The van der Waals surface area contributed by atoms with Crippen LogP contribution < -0.4 is 9.47 Å². The van der Waals surface area contributed by atoms with Gasteiger partial charge in [0.25, 0.3) is 0 Å². The largest absolute Gasteiger partial charge is 0.494 e. The molecule has 222 valence electrons. The van der Waals surface area contributed by atoms with E-state index in [4.69, 9.17) is 14.2 Å². The van der Waals surface area contributed by atoms with Crippen LogP contribution in [0.25, 0.3) is 0 Å². The molecule has 0 radical (unpaired) electrons. The van der Waals surface area contributed by atoms with Gasteiger partial charge in [0.05, 0.1) is 23.8 Å². The highest BCUT2D eigenvalue weighted by molar-refractivity contribution is 9.09. The highest BCUT2D eigenvalue weighted by Crippen LogP contribution is 2.19. The first-order valence-corrected chi connectivity index (χ1v) is 16.5. The number of rotatable bonds is 22. The molecule has 0 saturated carbocycles. The normalized spacial score (nSPS) is 11.7. The third kappa shape index (κ3) is 14.9. The standard InChI is InChI=1S/C34H49BrO5/c1-3-4-5-14-17-28(2)39-33(36)29-20-24-32(25-21-29)40-34(37)30-18-22-31(23-19-30)38-27-16-13-11-9-7-6-8-10-12-15-26-35/h18-25,28H,3-17,26-27H2,1-2H3. The second-order valence-electron chi connectivity index (χ2n) is 10.6. The third-order valence-corrected chi connectivity index (χ3v) is 7.52. The summed E-state index contributed by atoms with van der Waals surface area (Å²) in [5, 5.41) is 1.13.